The summed E-state index contributed by atoms with van der Waals surface area (Å²) in [5.74, 6) is -1.24. The Morgan fingerprint density at radius 1 is 0.676 bits per heavy atom. The van der Waals surface area contributed by atoms with Gasteiger partial charge in [-0.3, -0.25) is 4.74 Å². The first kappa shape index (κ1) is 26.0. The van der Waals surface area contributed by atoms with Crippen LogP contribution in [0.4, 0.5) is 0 Å². The lowest BCUT2D eigenvalue weighted by atomic mass is 9.98. The van der Waals surface area contributed by atoms with Gasteiger partial charge >= 0.3 is 0 Å². The van der Waals surface area contributed by atoms with Gasteiger partial charge in [0.25, 0.3) is 5.97 Å². The van der Waals surface area contributed by atoms with E-state index in [-0.39, 0.29) is 0 Å². The summed E-state index contributed by atoms with van der Waals surface area (Å²) < 4.78 is 43.2. The van der Waals surface area contributed by atoms with Gasteiger partial charge in [0.1, 0.15) is 24.4 Å². The van der Waals surface area contributed by atoms with Gasteiger partial charge in [-0.25, -0.2) is 0 Å². The third kappa shape index (κ3) is 6.64. The molecule has 3 aromatic rings. The summed E-state index contributed by atoms with van der Waals surface area (Å²) in [5.41, 5.74) is 3.19. The molecule has 0 saturated carbocycles. The number of methoxy groups -OCH3 is 1. The molecule has 2 saturated heterocycles. The molecule has 37 heavy (non-hydrogen) atoms. The molecule has 3 aromatic carbocycles. The van der Waals surface area contributed by atoms with Crippen LogP contribution in [0.1, 0.15) is 23.6 Å². The molecule has 7 heteroatoms. The van der Waals surface area contributed by atoms with Gasteiger partial charge in [-0.15, -0.1) is 0 Å². The van der Waals surface area contributed by atoms with Crippen LogP contribution >= 0.6 is 0 Å². The first-order valence-corrected chi connectivity index (χ1v) is 12.6. The molecule has 0 radical (unpaired) electrons. The van der Waals surface area contributed by atoms with Crippen molar-refractivity contribution < 1.29 is 33.2 Å². The van der Waals surface area contributed by atoms with Crippen molar-refractivity contribution in [3.63, 3.8) is 0 Å². The summed E-state index contributed by atoms with van der Waals surface area (Å²) in [4.78, 5) is 0. The van der Waals surface area contributed by atoms with Crippen molar-refractivity contribution in [3.05, 3.63) is 108 Å². The Bertz CT molecular complexity index is 1080. The average molecular weight is 507 g/mol. The smallest absolute Gasteiger partial charge is 0.282 e. The molecule has 2 fully saturated rings. The van der Waals surface area contributed by atoms with Gasteiger partial charge in [-0.2, -0.15) is 0 Å². The molecule has 7 nitrogen and oxygen atoms in total. The number of benzene rings is 3. The van der Waals surface area contributed by atoms with Gasteiger partial charge in [0.05, 0.1) is 26.4 Å². The summed E-state index contributed by atoms with van der Waals surface area (Å²) in [6, 6.07) is 30.1. The van der Waals surface area contributed by atoms with Crippen LogP contribution in [0.2, 0.25) is 0 Å². The predicted octanol–water partition coefficient (Wildman–Crippen LogP) is 4.83. The van der Waals surface area contributed by atoms with Crippen molar-refractivity contribution in [2.45, 2.75) is 63.4 Å². The highest BCUT2D eigenvalue weighted by molar-refractivity contribution is 5.15. The van der Waals surface area contributed by atoms with Crippen molar-refractivity contribution in [1.82, 2.24) is 0 Å². The third-order valence-electron chi connectivity index (χ3n) is 6.61. The van der Waals surface area contributed by atoms with E-state index in [2.05, 4.69) is 0 Å². The van der Waals surface area contributed by atoms with Crippen molar-refractivity contribution >= 4 is 0 Å². The van der Waals surface area contributed by atoms with Gasteiger partial charge in [-0.05, 0) is 16.7 Å². The van der Waals surface area contributed by atoms with E-state index < -0.39 is 36.7 Å². The molecular formula is C30H34O7. The molecule has 0 aromatic heterocycles. The normalized spacial score (nSPS) is 29.2. The van der Waals surface area contributed by atoms with E-state index in [0.29, 0.717) is 26.4 Å². The van der Waals surface area contributed by atoms with Gasteiger partial charge in [0.2, 0.25) is 0 Å². The first-order chi connectivity index (χ1) is 18.1. The molecule has 6 unspecified atom stereocenters. The van der Waals surface area contributed by atoms with Crippen LogP contribution < -0.4 is 0 Å². The maximum absolute atomic E-state index is 6.50. The molecule has 2 aliphatic rings. The monoisotopic (exact) mass is 506 g/mol. The van der Waals surface area contributed by atoms with E-state index in [9.17, 15) is 0 Å². The molecule has 196 valence electrons. The number of ether oxygens (including phenoxy) is 7. The van der Waals surface area contributed by atoms with Crippen LogP contribution in [0.5, 0.6) is 0 Å². The second-order valence-electron chi connectivity index (χ2n) is 9.33. The van der Waals surface area contributed by atoms with E-state index in [4.69, 9.17) is 33.2 Å². The van der Waals surface area contributed by atoms with Crippen LogP contribution in [0.25, 0.3) is 0 Å². The zero-order valence-electron chi connectivity index (χ0n) is 21.2. The highest BCUT2D eigenvalue weighted by Gasteiger charge is 2.57. The molecule has 0 N–H and O–H groups in total. The van der Waals surface area contributed by atoms with Crippen LogP contribution in [-0.4, -0.2) is 50.4 Å². The lowest BCUT2D eigenvalue weighted by Crippen LogP contribution is -2.59. The number of rotatable bonds is 11. The van der Waals surface area contributed by atoms with Crippen LogP contribution in [0.15, 0.2) is 91.0 Å². The molecule has 0 amide bonds. The summed E-state index contributed by atoms with van der Waals surface area (Å²) in [7, 11) is 1.54. The first-order valence-electron chi connectivity index (χ1n) is 12.6. The standard InChI is InChI=1S/C30H34O7/c1-30(31-2)36-28-27(34-20-24-16-10-5-11-17-24)26(33-19-23-14-8-4-9-15-23)25(35-29(28)37-30)21-32-18-22-12-6-3-7-13-22/h3-17,25-29H,18-21H2,1-2H3. The Labute approximate surface area is 218 Å². The maximum Gasteiger partial charge on any atom is 0.282 e. The zero-order chi connectivity index (χ0) is 25.5. The summed E-state index contributed by atoms with van der Waals surface area (Å²) in [5, 5.41) is 0. The Balaban J connectivity index is 1.36. The molecular weight excluding hydrogens is 472 g/mol. The number of hydrogen-bond donors (Lipinski definition) is 0. The van der Waals surface area contributed by atoms with Crippen molar-refractivity contribution in [2.24, 2.45) is 0 Å². The lowest BCUT2D eigenvalue weighted by molar-refractivity contribution is -0.334. The van der Waals surface area contributed by atoms with Gasteiger partial charge < -0.3 is 28.4 Å². The molecule has 2 heterocycles. The number of hydrogen-bond acceptors (Lipinski definition) is 7. The second-order valence-corrected chi connectivity index (χ2v) is 9.33. The minimum absolute atomic E-state index is 0.301. The number of fused-ring (bicyclic) bond motifs is 1. The van der Waals surface area contributed by atoms with Crippen LogP contribution in [0, 0.1) is 0 Å². The van der Waals surface area contributed by atoms with Crippen LogP contribution in [0.3, 0.4) is 0 Å². The van der Waals surface area contributed by atoms with E-state index >= 15 is 0 Å². The van der Waals surface area contributed by atoms with Gasteiger partial charge in [0.15, 0.2) is 6.29 Å². The predicted molar refractivity (Wildman–Crippen MR) is 136 cm³/mol. The quantitative estimate of drug-likeness (QED) is 0.369. The fraction of sp³-hybridized carbons (Fsp3) is 0.400. The fourth-order valence-electron chi connectivity index (χ4n) is 4.61. The zero-order valence-corrected chi connectivity index (χ0v) is 21.2. The Morgan fingerprint density at radius 2 is 1.19 bits per heavy atom. The molecule has 0 spiro atoms. The minimum atomic E-state index is -1.24. The SMILES string of the molecule is COC1(C)OC2OC(COCc3ccccc3)C(OCc3ccccc3)C(OCc3ccccc3)C2O1. The highest BCUT2D eigenvalue weighted by Crippen LogP contribution is 2.39. The third-order valence-corrected chi connectivity index (χ3v) is 6.61. The second kappa shape index (κ2) is 12.3. The van der Waals surface area contributed by atoms with E-state index in [1.54, 1.807) is 14.0 Å². The molecule has 2 aliphatic heterocycles. The van der Waals surface area contributed by atoms with Crippen LogP contribution in [-0.2, 0) is 53.0 Å². The van der Waals surface area contributed by atoms with Crippen molar-refractivity contribution in [1.29, 1.82) is 0 Å². The Morgan fingerprint density at radius 3 is 1.73 bits per heavy atom. The average Bonchev–Trinajstić information content (AvgIpc) is 3.29. The molecule has 6 atom stereocenters. The van der Waals surface area contributed by atoms with Crippen molar-refractivity contribution in [3.8, 4) is 0 Å². The Kier molecular flexibility index (Phi) is 8.63. The lowest BCUT2D eigenvalue weighted by Gasteiger charge is -2.42. The molecule has 0 bridgehead atoms. The van der Waals surface area contributed by atoms with Gasteiger partial charge in [0, 0.05) is 14.0 Å². The molecule has 0 aliphatic carbocycles. The van der Waals surface area contributed by atoms with E-state index in [1.807, 2.05) is 91.0 Å². The fourth-order valence-corrected chi connectivity index (χ4v) is 4.61. The summed E-state index contributed by atoms with van der Waals surface area (Å²) in [6.07, 6.45) is -2.63. The van der Waals surface area contributed by atoms with Gasteiger partial charge in [-0.1, -0.05) is 91.0 Å². The topological polar surface area (TPSA) is 64.6 Å². The van der Waals surface area contributed by atoms with E-state index in [0.717, 1.165) is 16.7 Å². The highest BCUT2D eigenvalue weighted by atomic mass is 16.9. The maximum atomic E-state index is 6.50. The van der Waals surface area contributed by atoms with Crippen molar-refractivity contribution in [2.75, 3.05) is 13.7 Å². The van der Waals surface area contributed by atoms with E-state index in [1.165, 1.54) is 0 Å². The largest absolute Gasteiger partial charge is 0.374 e. The molecule has 5 rings (SSSR count). The minimum Gasteiger partial charge on any atom is -0.374 e. The Hall–Kier alpha value is -2.62. The summed E-state index contributed by atoms with van der Waals surface area (Å²) >= 11 is 0. The summed E-state index contributed by atoms with van der Waals surface area (Å²) in [6.45, 7) is 3.28.